The number of rotatable bonds is 5. The second-order valence-electron chi connectivity index (χ2n) is 7.49. The molecule has 2 aliphatic rings. The molecule has 0 saturated carbocycles. The number of nitrogens with zero attached hydrogens (tertiary/aromatic N) is 2. The third-order valence-electron chi connectivity index (χ3n) is 5.17. The second-order valence-corrected chi connectivity index (χ2v) is 7.49. The monoisotopic (exact) mass is 508 g/mol. The number of hydrogen-bond acceptors (Lipinski definition) is 7. The van der Waals surface area contributed by atoms with Gasteiger partial charge in [-0.05, 0) is 30.3 Å². The van der Waals surface area contributed by atoms with Gasteiger partial charge < -0.3 is 25.3 Å². The Labute approximate surface area is 195 Å². The van der Waals surface area contributed by atoms with Crippen LogP contribution in [0.5, 0.6) is 5.75 Å². The number of ether oxygens (including phenoxy) is 3. The standard InChI is InChI=1S/C20H17F5N4O4.ClH/c21-14-3-1-11(5-13(14)19-9-31-7-18(19,22)8-33-17(26)29-19)28-16(30)15-4-2-12(6-27-15)32-10-20(23,24)25;/h1-6H,7-10H2,(H2,26,29)(H,28,30);1H. The van der Waals surface area contributed by atoms with Gasteiger partial charge in [-0.1, -0.05) is 0 Å². The molecule has 2 aliphatic heterocycles. The van der Waals surface area contributed by atoms with Gasteiger partial charge in [0, 0.05) is 11.3 Å². The Balaban J connectivity index is 0.00000324. The van der Waals surface area contributed by atoms with E-state index in [4.69, 9.17) is 15.2 Å². The average molecular weight is 509 g/mol. The van der Waals surface area contributed by atoms with E-state index < -0.39 is 42.3 Å². The van der Waals surface area contributed by atoms with Gasteiger partial charge in [0.25, 0.3) is 11.9 Å². The fraction of sp³-hybridized carbons (Fsp3) is 0.350. The molecule has 0 bridgehead atoms. The summed E-state index contributed by atoms with van der Waals surface area (Å²) in [4.78, 5) is 20.3. The number of amidine groups is 1. The van der Waals surface area contributed by atoms with Crippen LogP contribution in [0, 0.1) is 5.82 Å². The molecule has 0 aliphatic carbocycles. The van der Waals surface area contributed by atoms with Crippen LogP contribution < -0.4 is 15.8 Å². The first kappa shape index (κ1) is 25.4. The molecule has 1 aromatic heterocycles. The van der Waals surface area contributed by atoms with E-state index in [0.29, 0.717) is 0 Å². The van der Waals surface area contributed by atoms with Crippen molar-refractivity contribution in [2.75, 3.05) is 31.7 Å². The number of aliphatic imine (C=N–C) groups is 1. The Morgan fingerprint density at radius 1 is 1.21 bits per heavy atom. The highest BCUT2D eigenvalue weighted by Gasteiger charge is 2.62. The van der Waals surface area contributed by atoms with E-state index in [1.807, 2.05) is 0 Å². The minimum atomic E-state index is -4.52. The van der Waals surface area contributed by atoms with Crippen molar-refractivity contribution in [3.63, 3.8) is 0 Å². The number of anilines is 1. The highest BCUT2D eigenvalue weighted by Crippen LogP contribution is 2.48. The van der Waals surface area contributed by atoms with Crippen LogP contribution in [-0.4, -0.2) is 55.2 Å². The lowest BCUT2D eigenvalue weighted by Crippen LogP contribution is -2.55. The minimum Gasteiger partial charge on any atom is -0.483 e. The number of carbonyl (C=O) groups is 1. The highest BCUT2D eigenvalue weighted by molar-refractivity contribution is 6.02. The third kappa shape index (κ3) is 4.85. The summed E-state index contributed by atoms with van der Waals surface area (Å²) in [6, 6.07) is 5.47. The predicted octanol–water partition coefficient (Wildman–Crippen LogP) is 3.11. The van der Waals surface area contributed by atoms with Crippen LogP contribution in [0.1, 0.15) is 16.1 Å². The van der Waals surface area contributed by atoms with E-state index in [9.17, 15) is 22.4 Å². The number of nitrogens with two attached hydrogens (primary N) is 1. The number of pyridine rings is 1. The van der Waals surface area contributed by atoms with Crippen LogP contribution in [-0.2, 0) is 15.0 Å². The largest absolute Gasteiger partial charge is 0.483 e. The normalized spacial score (nSPS) is 23.7. The molecule has 1 aromatic carbocycles. The summed E-state index contributed by atoms with van der Waals surface area (Å²) in [5.74, 6) is -1.71. The van der Waals surface area contributed by atoms with Gasteiger partial charge in [0.15, 0.2) is 17.8 Å². The van der Waals surface area contributed by atoms with Crippen molar-refractivity contribution in [2.45, 2.75) is 17.4 Å². The SMILES string of the molecule is Cl.NC1=NC2(c3cc(NC(=O)c4ccc(OCC(F)(F)F)cn4)ccc3F)COCC2(F)CO1. The number of benzene rings is 1. The fourth-order valence-electron chi connectivity index (χ4n) is 3.57. The highest BCUT2D eigenvalue weighted by atomic mass is 35.5. The molecular weight excluding hydrogens is 491 g/mol. The first-order chi connectivity index (χ1) is 15.5. The van der Waals surface area contributed by atoms with Crippen molar-refractivity contribution < 1.29 is 41.0 Å². The lowest BCUT2D eigenvalue weighted by atomic mass is 9.78. The summed E-state index contributed by atoms with van der Waals surface area (Å²) < 4.78 is 81.7. The van der Waals surface area contributed by atoms with E-state index in [0.717, 1.165) is 24.4 Å². The zero-order valence-electron chi connectivity index (χ0n) is 17.2. The van der Waals surface area contributed by atoms with Crippen LogP contribution in [0.2, 0.25) is 0 Å². The summed E-state index contributed by atoms with van der Waals surface area (Å²) in [5.41, 5.74) is 1.41. The summed E-state index contributed by atoms with van der Waals surface area (Å²) >= 11 is 0. The van der Waals surface area contributed by atoms with Gasteiger partial charge in [0.05, 0.1) is 19.4 Å². The molecule has 3 N–H and O–H groups in total. The molecule has 2 unspecified atom stereocenters. The molecule has 14 heteroatoms. The molecular formula is C20H18ClF5N4O4. The van der Waals surface area contributed by atoms with Crippen molar-refractivity contribution in [3.8, 4) is 5.75 Å². The van der Waals surface area contributed by atoms with Crippen molar-refractivity contribution >= 4 is 30.0 Å². The van der Waals surface area contributed by atoms with Crippen LogP contribution in [0.25, 0.3) is 0 Å². The number of alkyl halides is 4. The molecule has 3 heterocycles. The van der Waals surface area contributed by atoms with Crippen molar-refractivity contribution in [2.24, 2.45) is 10.7 Å². The number of fused-ring (bicyclic) bond motifs is 1. The van der Waals surface area contributed by atoms with E-state index in [2.05, 4.69) is 20.0 Å². The quantitative estimate of drug-likeness (QED) is 0.601. The van der Waals surface area contributed by atoms with Gasteiger partial charge in [-0.15, -0.1) is 12.4 Å². The Hall–Kier alpha value is -3.19. The molecule has 0 spiro atoms. The molecule has 184 valence electrons. The first-order valence-electron chi connectivity index (χ1n) is 9.53. The maximum atomic E-state index is 15.5. The second kappa shape index (κ2) is 9.22. The van der Waals surface area contributed by atoms with Crippen molar-refractivity contribution in [3.05, 3.63) is 53.6 Å². The fourth-order valence-corrected chi connectivity index (χ4v) is 3.57. The van der Waals surface area contributed by atoms with Gasteiger partial charge in [-0.3, -0.25) is 4.79 Å². The number of halogens is 6. The van der Waals surface area contributed by atoms with Gasteiger partial charge in [-0.2, -0.15) is 13.2 Å². The minimum absolute atomic E-state index is 0. The zero-order chi connectivity index (χ0) is 23.9. The molecule has 34 heavy (non-hydrogen) atoms. The molecule has 4 rings (SSSR count). The molecule has 2 atom stereocenters. The van der Waals surface area contributed by atoms with Gasteiger partial charge in [0.1, 0.15) is 23.9 Å². The van der Waals surface area contributed by atoms with Crippen molar-refractivity contribution in [1.29, 1.82) is 0 Å². The third-order valence-corrected chi connectivity index (χ3v) is 5.17. The van der Waals surface area contributed by atoms with E-state index in [-0.39, 0.29) is 54.3 Å². The van der Waals surface area contributed by atoms with Crippen LogP contribution in [0.15, 0.2) is 41.5 Å². The maximum absolute atomic E-state index is 15.5. The predicted molar refractivity (Wildman–Crippen MR) is 111 cm³/mol. The smallest absolute Gasteiger partial charge is 0.422 e. The van der Waals surface area contributed by atoms with Crippen LogP contribution in [0.3, 0.4) is 0 Å². The molecule has 1 saturated heterocycles. The molecule has 0 radical (unpaired) electrons. The molecule has 1 fully saturated rings. The van der Waals surface area contributed by atoms with Gasteiger partial charge >= 0.3 is 6.18 Å². The number of amides is 1. The number of nitrogens with one attached hydrogen (secondary N) is 1. The lowest BCUT2D eigenvalue weighted by molar-refractivity contribution is -0.153. The topological polar surface area (TPSA) is 108 Å². The van der Waals surface area contributed by atoms with Crippen molar-refractivity contribution in [1.82, 2.24) is 4.98 Å². The molecule has 8 nitrogen and oxygen atoms in total. The molecule has 1 amide bonds. The Morgan fingerprint density at radius 2 is 1.97 bits per heavy atom. The summed E-state index contributed by atoms with van der Waals surface area (Å²) in [6.45, 7) is -2.65. The molecule has 2 aromatic rings. The van der Waals surface area contributed by atoms with E-state index in [1.165, 1.54) is 12.1 Å². The van der Waals surface area contributed by atoms with E-state index in [1.54, 1.807) is 0 Å². The van der Waals surface area contributed by atoms with E-state index >= 15 is 4.39 Å². The maximum Gasteiger partial charge on any atom is 0.422 e. The summed E-state index contributed by atoms with van der Waals surface area (Å²) in [6.07, 6.45) is -3.56. The Morgan fingerprint density at radius 3 is 2.65 bits per heavy atom. The first-order valence-corrected chi connectivity index (χ1v) is 9.53. The Kier molecular flexibility index (Phi) is 6.90. The summed E-state index contributed by atoms with van der Waals surface area (Å²) in [7, 11) is 0. The average Bonchev–Trinajstić information content (AvgIpc) is 3.10. The zero-order valence-corrected chi connectivity index (χ0v) is 18.0. The van der Waals surface area contributed by atoms with Crippen LogP contribution >= 0.6 is 12.4 Å². The summed E-state index contributed by atoms with van der Waals surface area (Å²) in [5, 5.41) is 2.48. The number of carbonyl (C=O) groups excluding carboxylic acids is 1. The lowest BCUT2D eigenvalue weighted by Gasteiger charge is -2.38. The van der Waals surface area contributed by atoms with Gasteiger partial charge in [0.2, 0.25) is 0 Å². The van der Waals surface area contributed by atoms with Gasteiger partial charge in [-0.25, -0.2) is 18.8 Å². The van der Waals surface area contributed by atoms with Crippen LogP contribution in [0.4, 0.5) is 27.6 Å². The Bertz CT molecular complexity index is 1100. The number of aromatic nitrogens is 1. The number of hydrogen-bond donors (Lipinski definition) is 2.